The second kappa shape index (κ2) is 20.1. The molecular weight excluding hydrogens is 380 g/mol. The van der Waals surface area contributed by atoms with Crippen molar-refractivity contribution in [1.82, 2.24) is 0 Å². The Labute approximate surface area is 115 Å². The summed E-state index contributed by atoms with van der Waals surface area (Å²) in [5, 5.41) is 36.2. The minimum Gasteiger partial charge on any atom is -0.219 e. The SMILES string of the molecule is OOOOPOOOOPOOPOOPOOOO. The minimum atomic E-state index is -0.834. The molecule has 122 valence electrons. The Balaban J connectivity index is 2.89. The van der Waals surface area contributed by atoms with Gasteiger partial charge in [-0.3, -0.25) is 0 Å². The molecule has 4 unspecified atom stereocenters. The molecule has 0 saturated carbocycles. The van der Waals surface area contributed by atoms with Crippen LogP contribution in [0.2, 0.25) is 0 Å². The fourth-order valence-corrected chi connectivity index (χ4v) is 1.12. The number of hydrogen-bond donors (Lipinski definition) is 2. The molecule has 0 heterocycles. The minimum absolute atomic E-state index is 0.694. The Morgan fingerprint density at radius 1 is 0.400 bits per heavy atom. The Morgan fingerprint density at radius 3 is 1.10 bits per heavy atom. The van der Waals surface area contributed by atoms with E-state index in [1.807, 2.05) is 0 Å². The van der Waals surface area contributed by atoms with Crippen LogP contribution in [-0.2, 0) is 67.6 Å². The van der Waals surface area contributed by atoms with E-state index in [0.29, 0.717) is 0 Å². The van der Waals surface area contributed by atoms with Crippen LogP contribution < -0.4 is 0 Å². The molecule has 0 aromatic carbocycles. The van der Waals surface area contributed by atoms with Crippen molar-refractivity contribution < 1.29 is 78.1 Å². The Hall–Kier alpha value is 1.08. The largest absolute Gasteiger partial charge is 0.239 e. The van der Waals surface area contributed by atoms with E-state index in [0.717, 1.165) is 0 Å². The Kier molecular flexibility index (Phi) is 21.2. The van der Waals surface area contributed by atoms with E-state index < -0.39 is 36.1 Å². The van der Waals surface area contributed by atoms with Crippen molar-refractivity contribution in [3.63, 3.8) is 0 Å². The lowest BCUT2D eigenvalue weighted by Crippen LogP contribution is -1.89. The van der Waals surface area contributed by atoms with E-state index in [4.69, 9.17) is 10.5 Å². The van der Waals surface area contributed by atoms with Gasteiger partial charge in [0.05, 0.1) is 0 Å². The summed E-state index contributed by atoms with van der Waals surface area (Å²) in [4.78, 5) is 0. The highest BCUT2D eigenvalue weighted by Crippen LogP contribution is 2.27. The normalized spacial score (nSPS) is 13.5. The molecule has 4 atom stereocenters. The lowest BCUT2D eigenvalue weighted by atomic mass is 14.4. The summed E-state index contributed by atoms with van der Waals surface area (Å²) in [7, 11) is -3.03. The van der Waals surface area contributed by atoms with Gasteiger partial charge in [0.1, 0.15) is 0 Å². The first-order valence-electron chi connectivity index (χ1n) is 3.50. The highest BCUT2D eigenvalue weighted by atomic mass is 31.1. The molecule has 0 amide bonds. The van der Waals surface area contributed by atoms with Gasteiger partial charge in [0.2, 0.25) is 36.1 Å². The van der Waals surface area contributed by atoms with Crippen molar-refractivity contribution in [1.29, 1.82) is 0 Å². The maximum absolute atomic E-state index is 7.63. The summed E-state index contributed by atoms with van der Waals surface area (Å²) < 4.78 is 33.4. The van der Waals surface area contributed by atoms with Crippen LogP contribution in [0.3, 0.4) is 0 Å². The second-order valence-corrected chi connectivity index (χ2v) is 3.42. The molecule has 0 spiro atoms. The van der Waals surface area contributed by atoms with Crippen LogP contribution in [-0.4, -0.2) is 10.5 Å². The van der Waals surface area contributed by atoms with Crippen molar-refractivity contribution in [3.05, 3.63) is 0 Å². The van der Waals surface area contributed by atoms with E-state index in [9.17, 15) is 0 Å². The Bertz CT molecular complexity index is 147. The topological polar surface area (TPSA) is 170 Å². The van der Waals surface area contributed by atoms with Gasteiger partial charge in [-0.1, -0.05) is 0 Å². The van der Waals surface area contributed by atoms with Crippen molar-refractivity contribution in [2.45, 2.75) is 0 Å². The summed E-state index contributed by atoms with van der Waals surface area (Å²) in [6, 6.07) is 0. The van der Waals surface area contributed by atoms with Crippen LogP contribution in [0.5, 0.6) is 0 Å². The second-order valence-electron chi connectivity index (χ2n) is 1.42. The lowest BCUT2D eigenvalue weighted by molar-refractivity contribution is -0.605. The summed E-state index contributed by atoms with van der Waals surface area (Å²) in [6.45, 7) is 0. The molecule has 0 fully saturated rings. The first kappa shape index (κ1) is 21.1. The number of hydrogen-bond acceptors (Lipinski definition) is 16. The van der Waals surface area contributed by atoms with Crippen molar-refractivity contribution >= 4 is 36.1 Å². The summed E-state index contributed by atoms with van der Waals surface area (Å²) in [5.74, 6) is 0. The standard InChI is InChI=1S/H6O16P4/c1-3-5-9-17-11-7-8-12-19-14-16-20-15-13-18-10-6-4-2/h1-2,17-20H. The molecule has 20 heavy (non-hydrogen) atoms. The van der Waals surface area contributed by atoms with Crippen molar-refractivity contribution in [2.75, 3.05) is 0 Å². The fourth-order valence-electron chi connectivity index (χ4n) is 0.237. The van der Waals surface area contributed by atoms with Gasteiger partial charge in [0, 0.05) is 0 Å². The van der Waals surface area contributed by atoms with Gasteiger partial charge < -0.3 is 0 Å². The molecule has 0 aliphatic heterocycles. The quantitative estimate of drug-likeness (QED) is 0.159. The van der Waals surface area contributed by atoms with E-state index in [1.165, 1.54) is 0 Å². The molecule has 0 aromatic rings. The predicted molar refractivity (Wildman–Crippen MR) is 53.7 cm³/mol. The molecule has 0 saturated heterocycles. The molecule has 16 nitrogen and oxygen atoms in total. The molecule has 0 aliphatic rings. The zero-order chi connectivity index (χ0) is 14.7. The van der Waals surface area contributed by atoms with Gasteiger partial charge in [0.15, 0.2) is 0 Å². The molecule has 0 aromatic heterocycles. The van der Waals surface area contributed by atoms with E-state index in [1.54, 1.807) is 0 Å². The van der Waals surface area contributed by atoms with Gasteiger partial charge in [-0.15, -0.1) is 0 Å². The molecular formula is H6O16P4. The van der Waals surface area contributed by atoms with E-state index in [-0.39, 0.29) is 0 Å². The summed E-state index contributed by atoms with van der Waals surface area (Å²) in [5.41, 5.74) is 0. The van der Waals surface area contributed by atoms with Crippen LogP contribution in [0.1, 0.15) is 0 Å². The first-order valence-corrected chi connectivity index (χ1v) is 6.76. The maximum atomic E-state index is 7.63. The molecule has 2 N–H and O–H groups in total. The van der Waals surface area contributed by atoms with Gasteiger partial charge >= 0.3 is 0 Å². The van der Waals surface area contributed by atoms with Crippen LogP contribution >= 0.6 is 36.1 Å². The molecule has 0 aliphatic carbocycles. The number of rotatable bonds is 17. The van der Waals surface area contributed by atoms with Gasteiger partial charge in [-0.2, -0.15) is 37.4 Å². The average Bonchev–Trinajstić information content (AvgIpc) is 2.47. The maximum Gasteiger partial charge on any atom is 0.239 e. The van der Waals surface area contributed by atoms with Gasteiger partial charge in [0.25, 0.3) is 0 Å². The van der Waals surface area contributed by atoms with Crippen molar-refractivity contribution in [2.24, 2.45) is 0 Å². The van der Waals surface area contributed by atoms with Crippen LogP contribution in [0.4, 0.5) is 0 Å². The Morgan fingerprint density at radius 2 is 0.700 bits per heavy atom. The molecule has 20 heteroatoms. The third-order valence-electron chi connectivity index (χ3n) is 0.580. The third-order valence-corrected chi connectivity index (χ3v) is 2.06. The zero-order valence-electron chi connectivity index (χ0n) is 8.61. The monoisotopic (exact) mass is 386 g/mol. The molecule has 0 radical (unpaired) electrons. The average molecular weight is 386 g/mol. The highest BCUT2D eigenvalue weighted by Gasteiger charge is 1.97. The van der Waals surface area contributed by atoms with E-state index >= 15 is 0 Å². The van der Waals surface area contributed by atoms with Gasteiger partial charge in [-0.25, -0.2) is 10.5 Å². The first-order chi connectivity index (χ1) is 9.91. The van der Waals surface area contributed by atoms with E-state index in [2.05, 4.69) is 67.6 Å². The highest BCUT2D eigenvalue weighted by molar-refractivity contribution is 7.29. The third kappa shape index (κ3) is 19.1. The van der Waals surface area contributed by atoms with Crippen LogP contribution in [0.15, 0.2) is 0 Å². The summed E-state index contributed by atoms with van der Waals surface area (Å²) >= 11 is 0. The van der Waals surface area contributed by atoms with Crippen LogP contribution in [0, 0.1) is 0 Å². The smallest absolute Gasteiger partial charge is 0.219 e. The molecule has 0 rings (SSSR count). The van der Waals surface area contributed by atoms with Crippen molar-refractivity contribution in [3.8, 4) is 0 Å². The zero-order valence-corrected chi connectivity index (χ0v) is 12.6. The fraction of sp³-hybridized carbons (Fsp3) is 0. The molecule has 0 bridgehead atoms. The lowest BCUT2D eigenvalue weighted by Gasteiger charge is -2.02. The van der Waals surface area contributed by atoms with Crippen LogP contribution in [0.25, 0.3) is 0 Å². The summed E-state index contributed by atoms with van der Waals surface area (Å²) in [6.07, 6.45) is 0. The van der Waals surface area contributed by atoms with Gasteiger partial charge in [-0.05, 0) is 30.2 Å². The predicted octanol–water partition coefficient (Wildman–Crippen LogP) is 1.43.